The van der Waals surface area contributed by atoms with Crippen LogP contribution in [0.1, 0.15) is 45.6 Å². The van der Waals surface area contributed by atoms with E-state index in [1.54, 1.807) is 25.1 Å². The smallest absolute Gasteiger partial charge is 0.242 e. The lowest BCUT2D eigenvalue weighted by molar-refractivity contribution is -0.140. The van der Waals surface area contributed by atoms with Gasteiger partial charge in [-0.3, -0.25) is 13.9 Å². The van der Waals surface area contributed by atoms with Crippen LogP contribution in [0.3, 0.4) is 0 Å². The van der Waals surface area contributed by atoms with Crippen molar-refractivity contribution < 1.29 is 22.4 Å². The summed E-state index contributed by atoms with van der Waals surface area (Å²) in [5.74, 6) is -1.09. The van der Waals surface area contributed by atoms with Crippen molar-refractivity contribution in [2.45, 2.75) is 58.7 Å². The molecule has 0 saturated heterocycles. The first kappa shape index (κ1) is 29.9. The molecular weight excluding hydrogens is 528 g/mol. The minimum absolute atomic E-state index is 0.00448. The molecule has 2 atom stereocenters. The first-order valence-electron chi connectivity index (χ1n) is 11.6. The van der Waals surface area contributed by atoms with Gasteiger partial charge in [0.15, 0.2) is 0 Å². The minimum Gasteiger partial charge on any atom is -0.352 e. The van der Waals surface area contributed by atoms with E-state index in [4.69, 9.17) is 23.2 Å². The second-order valence-electron chi connectivity index (χ2n) is 8.68. The molecule has 0 aromatic heterocycles. The minimum atomic E-state index is -3.66. The maximum absolute atomic E-state index is 13.3. The molecule has 0 fully saturated rings. The number of hydrogen-bond acceptors (Lipinski definition) is 4. The van der Waals surface area contributed by atoms with Gasteiger partial charge in [-0.1, -0.05) is 36.2 Å². The van der Waals surface area contributed by atoms with Gasteiger partial charge in [0.1, 0.15) is 11.9 Å². The largest absolute Gasteiger partial charge is 0.352 e. The molecule has 0 spiro atoms. The Morgan fingerprint density at radius 2 is 1.69 bits per heavy atom. The summed E-state index contributed by atoms with van der Waals surface area (Å²) in [6, 6.07) is 9.26. The second-order valence-corrected chi connectivity index (χ2v) is 11.4. The first-order chi connectivity index (χ1) is 16.8. The first-order valence-corrected chi connectivity index (χ1v) is 14.2. The molecule has 36 heavy (non-hydrogen) atoms. The summed E-state index contributed by atoms with van der Waals surface area (Å²) in [6.07, 6.45) is 1.98. The normalized spacial score (nSPS) is 13.1. The molecule has 0 radical (unpaired) electrons. The van der Waals surface area contributed by atoms with E-state index >= 15 is 0 Å². The summed E-state index contributed by atoms with van der Waals surface area (Å²) in [4.78, 5) is 27.6. The quantitative estimate of drug-likeness (QED) is 0.396. The van der Waals surface area contributed by atoms with Crippen molar-refractivity contribution in [3.05, 3.63) is 63.9 Å². The summed E-state index contributed by atoms with van der Waals surface area (Å²) in [5, 5.41) is 3.60. The highest BCUT2D eigenvalue weighted by Gasteiger charge is 2.27. The van der Waals surface area contributed by atoms with Crippen molar-refractivity contribution in [2.75, 3.05) is 17.1 Å². The van der Waals surface area contributed by atoms with Gasteiger partial charge in [-0.25, -0.2) is 12.8 Å². The Kier molecular flexibility index (Phi) is 11.0. The van der Waals surface area contributed by atoms with E-state index < -0.39 is 21.9 Å². The molecule has 11 heteroatoms. The molecule has 0 saturated carbocycles. The molecule has 2 amide bonds. The average Bonchev–Trinajstić information content (AvgIpc) is 2.81. The van der Waals surface area contributed by atoms with E-state index in [-0.39, 0.29) is 43.8 Å². The van der Waals surface area contributed by atoms with Crippen LogP contribution in [0.25, 0.3) is 0 Å². The Hall–Kier alpha value is -2.36. The van der Waals surface area contributed by atoms with Crippen LogP contribution in [0.5, 0.6) is 0 Å². The molecule has 2 rings (SSSR count). The number of amides is 2. The highest BCUT2D eigenvalue weighted by molar-refractivity contribution is 7.92. The van der Waals surface area contributed by atoms with Crippen LogP contribution in [0.4, 0.5) is 10.1 Å². The van der Waals surface area contributed by atoms with Gasteiger partial charge in [0.2, 0.25) is 21.8 Å². The Balaban J connectivity index is 2.19. The third-order valence-corrected chi connectivity index (χ3v) is 7.71. The fourth-order valence-electron chi connectivity index (χ4n) is 3.49. The zero-order chi connectivity index (χ0) is 27.0. The fourth-order valence-corrected chi connectivity index (χ4v) is 4.78. The zero-order valence-electron chi connectivity index (χ0n) is 20.8. The molecule has 0 bridgehead atoms. The number of rotatable bonds is 12. The van der Waals surface area contributed by atoms with E-state index in [0.29, 0.717) is 21.3 Å². The van der Waals surface area contributed by atoms with Gasteiger partial charge in [-0.05, 0) is 68.7 Å². The molecule has 0 aliphatic rings. The van der Waals surface area contributed by atoms with Gasteiger partial charge in [-0.15, -0.1) is 0 Å². The van der Waals surface area contributed by atoms with Crippen LogP contribution in [-0.4, -0.2) is 50.0 Å². The fraction of sp³-hybridized carbons (Fsp3) is 0.440. The molecule has 0 aliphatic carbocycles. The van der Waals surface area contributed by atoms with Crippen LogP contribution in [0, 0.1) is 5.82 Å². The van der Waals surface area contributed by atoms with Gasteiger partial charge >= 0.3 is 0 Å². The van der Waals surface area contributed by atoms with Crippen LogP contribution in [-0.2, 0) is 26.2 Å². The third kappa shape index (κ3) is 8.64. The van der Waals surface area contributed by atoms with Gasteiger partial charge < -0.3 is 10.2 Å². The highest BCUT2D eigenvalue weighted by Crippen LogP contribution is 2.24. The maximum Gasteiger partial charge on any atom is 0.242 e. The van der Waals surface area contributed by atoms with E-state index in [2.05, 4.69) is 5.32 Å². The van der Waals surface area contributed by atoms with Crippen LogP contribution in [0.2, 0.25) is 10.0 Å². The number of benzene rings is 2. The Morgan fingerprint density at radius 3 is 2.25 bits per heavy atom. The van der Waals surface area contributed by atoms with Crippen LogP contribution < -0.4 is 9.62 Å². The molecular formula is C25H32Cl2FN3O4S. The van der Waals surface area contributed by atoms with E-state index in [1.165, 1.54) is 29.2 Å². The molecule has 1 N–H and O–H groups in total. The second kappa shape index (κ2) is 13.3. The maximum atomic E-state index is 13.3. The zero-order valence-corrected chi connectivity index (χ0v) is 23.1. The summed E-state index contributed by atoms with van der Waals surface area (Å²) in [5.41, 5.74) is 1.00. The number of halogens is 3. The molecule has 7 nitrogen and oxygen atoms in total. The van der Waals surface area contributed by atoms with Crippen LogP contribution in [0.15, 0.2) is 42.5 Å². The van der Waals surface area contributed by atoms with E-state index in [1.807, 2.05) is 13.8 Å². The molecule has 2 aromatic rings. The molecule has 0 aliphatic heterocycles. The number of sulfonamides is 1. The number of hydrogen-bond donors (Lipinski definition) is 1. The molecule has 0 heterocycles. The monoisotopic (exact) mass is 559 g/mol. The Labute approximate surface area is 222 Å². The predicted octanol–water partition coefficient (Wildman–Crippen LogP) is 5.01. The number of nitrogens with one attached hydrogen (secondary N) is 1. The van der Waals surface area contributed by atoms with Gasteiger partial charge in [0, 0.05) is 25.6 Å². The lowest BCUT2D eigenvalue weighted by atomic mass is 10.1. The molecule has 2 unspecified atom stereocenters. The van der Waals surface area contributed by atoms with Gasteiger partial charge in [0.25, 0.3) is 0 Å². The summed E-state index contributed by atoms with van der Waals surface area (Å²) in [6.45, 7) is 5.62. The standard InChI is InChI=1S/C25H32Cl2FN3O4S/c1-5-17(2)29-25(33)18(3)30(16-19-8-13-22(26)23(27)15-19)24(32)7-6-14-31(36(4,34)35)21-11-9-20(28)10-12-21/h8-13,15,17-18H,5-7,14,16H2,1-4H3,(H,29,33). The third-order valence-electron chi connectivity index (χ3n) is 5.77. The van der Waals surface area contributed by atoms with Crippen molar-refractivity contribution in [3.63, 3.8) is 0 Å². The number of carbonyl (C=O) groups is 2. The topological polar surface area (TPSA) is 86.8 Å². The predicted molar refractivity (Wildman–Crippen MR) is 142 cm³/mol. The Bertz CT molecular complexity index is 1160. The average molecular weight is 561 g/mol. The number of carbonyl (C=O) groups excluding carboxylic acids is 2. The number of nitrogens with zero attached hydrogens (tertiary/aromatic N) is 2. The number of anilines is 1. The lowest BCUT2D eigenvalue weighted by Crippen LogP contribution is -2.49. The summed E-state index contributed by atoms with van der Waals surface area (Å²) < 4.78 is 39.1. The lowest BCUT2D eigenvalue weighted by Gasteiger charge is -2.30. The van der Waals surface area contributed by atoms with Crippen molar-refractivity contribution in [2.24, 2.45) is 0 Å². The van der Waals surface area contributed by atoms with E-state index in [0.717, 1.165) is 17.0 Å². The Morgan fingerprint density at radius 1 is 1.06 bits per heavy atom. The molecule has 198 valence electrons. The van der Waals surface area contributed by atoms with Crippen molar-refractivity contribution in [1.82, 2.24) is 10.2 Å². The van der Waals surface area contributed by atoms with Gasteiger partial charge in [0.05, 0.1) is 22.0 Å². The van der Waals surface area contributed by atoms with Crippen molar-refractivity contribution in [3.8, 4) is 0 Å². The van der Waals surface area contributed by atoms with Crippen molar-refractivity contribution >= 4 is 50.7 Å². The van der Waals surface area contributed by atoms with Gasteiger partial charge in [-0.2, -0.15) is 0 Å². The highest BCUT2D eigenvalue weighted by atomic mass is 35.5. The van der Waals surface area contributed by atoms with Crippen LogP contribution >= 0.6 is 23.2 Å². The summed E-state index contributed by atoms with van der Waals surface area (Å²) in [7, 11) is -3.66. The SMILES string of the molecule is CCC(C)NC(=O)C(C)N(Cc1ccc(Cl)c(Cl)c1)C(=O)CCCN(c1ccc(F)cc1)S(C)(=O)=O. The van der Waals surface area contributed by atoms with E-state index in [9.17, 15) is 22.4 Å². The summed E-state index contributed by atoms with van der Waals surface area (Å²) >= 11 is 12.1. The molecule has 2 aromatic carbocycles. The van der Waals surface area contributed by atoms with Crippen molar-refractivity contribution in [1.29, 1.82) is 0 Å².